The topological polar surface area (TPSA) is 29.3 Å². The van der Waals surface area contributed by atoms with Crippen LogP contribution in [0.1, 0.15) is 18.0 Å². The van der Waals surface area contributed by atoms with Crippen molar-refractivity contribution in [1.29, 1.82) is 0 Å². The van der Waals surface area contributed by atoms with E-state index >= 15 is 0 Å². The monoisotopic (exact) mass is 220 g/mol. The van der Waals surface area contributed by atoms with Crippen LogP contribution in [0.15, 0.2) is 22.7 Å². The molecule has 0 unspecified atom stereocenters. The molecule has 2 heterocycles. The normalized spacial score (nSPS) is 22.0. The molecule has 1 aliphatic heterocycles. The molecule has 1 saturated heterocycles. The van der Waals surface area contributed by atoms with E-state index in [9.17, 15) is 4.39 Å². The van der Waals surface area contributed by atoms with Crippen LogP contribution in [0.3, 0.4) is 0 Å². The number of benzene rings is 1. The molecule has 0 spiro atoms. The van der Waals surface area contributed by atoms with Gasteiger partial charge in [0.15, 0.2) is 5.58 Å². The number of halogens is 1. The molecule has 16 heavy (non-hydrogen) atoms. The van der Waals surface area contributed by atoms with E-state index in [2.05, 4.69) is 17.1 Å². The summed E-state index contributed by atoms with van der Waals surface area (Å²) in [6, 6.07) is 4.61. The molecule has 2 aromatic rings. The van der Waals surface area contributed by atoms with Gasteiger partial charge in [0.05, 0.1) is 5.69 Å². The van der Waals surface area contributed by atoms with Gasteiger partial charge >= 0.3 is 0 Å². The zero-order valence-electron chi connectivity index (χ0n) is 9.11. The molecule has 0 saturated carbocycles. The molecule has 0 amide bonds. The van der Waals surface area contributed by atoms with Gasteiger partial charge in [-0.2, -0.15) is 0 Å². The molecular weight excluding hydrogens is 207 g/mol. The minimum atomic E-state index is -0.279. The van der Waals surface area contributed by atoms with Gasteiger partial charge in [-0.25, -0.2) is 4.39 Å². The zero-order valence-corrected chi connectivity index (χ0v) is 9.11. The number of nitrogens with zero attached hydrogens (tertiary/aromatic N) is 2. The SMILES string of the molecule is CN1CC[C@H](c2noc3cc(F)ccc23)C1. The predicted octanol–water partition coefficient (Wildman–Crippen LogP) is 2.39. The van der Waals surface area contributed by atoms with Crippen molar-refractivity contribution in [3.8, 4) is 0 Å². The molecular formula is C12H13FN2O. The Kier molecular flexibility index (Phi) is 2.17. The van der Waals surface area contributed by atoms with E-state index in [1.807, 2.05) is 0 Å². The van der Waals surface area contributed by atoms with E-state index in [-0.39, 0.29) is 5.82 Å². The summed E-state index contributed by atoms with van der Waals surface area (Å²) in [5.41, 5.74) is 1.52. The highest BCUT2D eigenvalue weighted by atomic mass is 19.1. The standard InChI is InChI=1S/C12H13FN2O/c1-15-5-4-8(7-15)12-10-3-2-9(13)6-11(10)16-14-12/h2-3,6,8H,4-5,7H2,1H3/t8-/m0/s1. The van der Waals surface area contributed by atoms with Crippen LogP contribution in [0, 0.1) is 5.82 Å². The second-order valence-corrected chi connectivity index (χ2v) is 4.46. The molecule has 1 aromatic carbocycles. The van der Waals surface area contributed by atoms with Gasteiger partial charge in [-0.3, -0.25) is 0 Å². The van der Waals surface area contributed by atoms with Gasteiger partial charge in [0.1, 0.15) is 5.82 Å². The lowest BCUT2D eigenvalue weighted by molar-refractivity contribution is 0.402. The van der Waals surface area contributed by atoms with Gasteiger partial charge in [-0.15, -0.1) is 0 Å². The second kappa shape index (κ2) is 3.56. The van der Waals surface area contributed by atoms with E-state index in [1.165, 1.54) is 12.1 Å². The van der Waals surface area contributed by atoms with Crippen LogP contribution in [0.5, 0.6) is 0 Å². The first-order valence-electron chi connectivity index (χ1n) is 5.47. The minimum Gasteiger partial charge on any atom is -0.356 e. The Balaban J connectivity index is 2.04. The van der Waals surface area contributed by atoms with Crippen molar-refractivity contribution in [2.45, 2.75) is 12.3 Å². The maximum absolute atomic E-state index is 13.0. The molecule has 1 atom stereocenters. The predicted molar refractivity (Wildman–Crippen MR) is 58.8 cm³/mol. The average molecular weight is 220 g/mol. The lowest BCUT2D eigenvalue weighted by atomic mass is 10.0. The highest BCUT2D eigenvalue weighted by molar-refractivity contribution is 5.79. The summed E-state index contributed by atoms with van der Waals surface area (Å²) >= 11 is 0. The molecule has 0 bridgehead atoms. The average Bonchev–Trinajstić information content (AvgIpc) is 2.83. The molecule has 84 valence electrons. The maximum atomic E-state index is 13.0. The fourth-order valence-electron chi connectivity index (χ4n) is 2.38. The lowest BCUT2D eigenvalue weighted by Gasteiger charge is -2.07. The molecule has 0 radical (unpaired) electrons. The van der Waals surface area contributed by atoms with Crippen LogP contribution in [0.25, 0.3) is 11.0 Å². The molecule has 3 nitrogen and oxygen atoms in total. The Bertz CT molecular complexity index is 523. The van der Waals surface area contributed by atoms with Crippen molar-refractivity contribution in [1.82, 2.24) is 10.1 Å². The van der Waals surface area contributed by atoms with Gasteiger partial charge in [-0.05, 0) is 32.1 Å². The Morgan fingerprint density at radius 1 is 1.50 bits per heavy atom. The summed E-state index contributed by atoms with van der Waals surface area (Å²) in [5.74, 6) is 0.135. The molecule has 3 rings (SSSR count). The summed E-state index contributed by atoms with van der Waals surface area (Å²) in [6.07, 6.45) is 1.09. The lowest BCUT2D eigenvalue weighted by Crippen LogP contribution is -2.13. The van der Waals surface area contributed by atoms with Crippen molar-refractivity contribution in [2.24, 2.45) is 0 Å². The van der Waals surface area contributed by atoms with E-state index < -0.39 is 0 Å². The molecule has 0 aliphatic carbocycles. The van der Waals surface area contributed by atoms with Crippen molar-refractivity contribution in [2.75, 3.05) is 20.1 Å². The van der Waals surface area contributed by atoms with Crippen LogP contribution >= 0.6 is 0 Å². The Morgan fingerprint density at radius 3 is 3.12 bits per heavy atom. The summed E-state index contributed by atoms with van der Waals surface area (Å²) in [4.78, 5) is 2.27. The van der Waals surface area contributed by atoms with Crippen molar-refractivity contribution in [3.05, 3.63) is 29.7 Å². The van der Waals surface area contributed by atoms with Crippen molar-refractivity contribution < 1.29 is 8.91 Å². The van der Waals surface area contributed by atoms with Crippen LogP contribution in [0.4, 0.5) is 4.39 Å². The smallest absolute Gasteiger partial charge is 0.170 e. The summed E-state index contributed by atoms with van der Waals surface area (Å²) in [7, 11) is 2.10. The third-order valence-electron chi connectivity index (χ3n) is 3.24. The Hall–Kier alpha value is -1.42. The number of rotatable bonds is 1. The number of aromatic nitrogens is 1. The van der Waals surface area contributed by atoms with Crippen LogP contribution in [-0.2, 0) is 0 Å². The van der Waals surface area contributed by atoms with E-state index in [0.717, 1.165) is 30.6 Å². The molecule has 1 fully saturated rings. The zero-order chi connectivity index (χ0) is 11.1. The third kappa shape index (κ3) is 1.50. The van der Waals surface area contributed by atoms with E-state index in [1.54, 1.807) is 6.07 Å². The molecule has 1 aromatic heterocycles. The Morgan fingerprint density at radius 2 is 2.38 bits per heavy atom. The summed E-state index contributed by atoms with van der Waals surface area (Å²) in [6.45, 7) is 2.08. The molecule has 1 aliphatic rings. The number of hydrogen-bond donors (Lipinski definition) is 0. The summed E-state index contributed by atoms with van der Waals surface area (Å²) < 4.78 is 18.2. The maximum Gasteiger partial charge on any atom is 0.170 e. The number of hydrogen-bond acceptors (Lipinski definition) is 3. The largest absolute Gasteiger partial charge is 0.356 e. The van der Waals surface area contributed by atoms with Crippen molar-refractivity contribution in [3.63, 3.8) is 0 Å². The van der Waals surface area contributed by atoms with Gasteiger partial charge in [0.25, 0.3) is 0 Å². The van der Waals surface area contributed by atoms with Gasteiger partial charge in [-0.1, -0.05) is 5.16 Å². The number of fused-ring (bicyclic) bond motifs is 1. The van der Waals surface area contributed by atoms with Gasteiger partial charge in [0, 0.05) is 23.9 Å². The van der Waals surface area contributed by atoms with Crippen LogP contribution in [-0.4, -0.2) is 30.2 Å². The first-order chi connectivity index (χ1) is 7.74. The quantitative estimate of drug-likeness (QED) is 0.739. The fourth-order valence-corrected chi connectivity index (χ4v) is 2.38. The Labute approximate surface area is 92.8 Å². The van der Waals surface area contributed by atoms with Gasteiger partial charge < -0.3 is 9.42 Å². The number of likely N-dealkylation sites (tertiary alicyclic amines) is 1. The van der Waals surface area contributed by atoms with Crippen molar-refractivity contribution >= 4 is 11.0 Å². The third-order valence-corrected chi connectivity index (χ3v) is 3.24. The first kappa shape index (κ1) is 9.78. The fraction of sp³-hybridized carbons (Fsp3) is 0.417. The van der Waals surface area contributed by atoms with Crippen LogP contribution in [0.2, 0.25) is 0 Å². The highest BCUT2D eigenvalue weighted by Gasteiger charge is 2.25. The van der Waals surface area contributed by atoms with E-state index in [4.69, 9.17) is 4.52 Å². The highest BCUT2D eigenvalue weighted by Crippen LogP contribution is 2.31. The van der Waals surface area contributed by atoms with Crippen LogP contribution < -0.4 is 0 Å². The first-order valence-corrected chi connectivity index (χ1v) is 5.47. The van der Waals surface area contributed by atoms with E-state index in [0.29, 0.717) is 11.5 Å². The molecule has 0 N–H and O–H groups in total. The molecule has 4 heteroatoms. The minimum absolute atomic E-state index is 0.279. The number of likely N-dealkylation sites (N-methyl/N-ethyl adjacent to an activating group) is 1. The van der Waals surface area contributed by atoms with Gasteiger partial charge in [0.2, 0.25) is 0 Å². The second-order valence-electron chi connectivity index (χ2n) is 4.46. The summed E-state index contributed by atoms with van der Waals surface area (Å²) in [5, 5.41) is 5.03.